The molecule has 2 aromatic carbocycles. The Kier molecular flexibility index (Phi) is 10.3. The summed E-state index contributed by atoms with van der Waals surface area (Å²) in [6.07, 6.45) is 10.2. The quantitative estimate of drug-likeness (QED) is 0.308. The first-order valence-corrected chi connectivity index (χ1v) is 15.8. The summed E-state index contributed by atoms with van der Waals surface area (Å²) in [5.41, 5.74) is 2.16. The number of hydrogen-bond donors (Lipinski definition) is 1. The molecular weight excluding hydrogens is 528 g/mol. The minimum atomic E-state index is -0.558. The third kappa shape index (κ3) is 7.58. The summed E-state index contributed by atoms with van der Waals surface area (Å²) in [7, 11) is 0. The first-order chi connectivity index (χ1) is 20.5. The lowest BCUT2D eigenvalue weighted by atomic mass is 9.86. The van der Waals surface area contributed by atoms with Gasteiger partial charge >= 0.3 is 23.6 Å². The number of nitrogens with zero attached hydrogens (tertiary/aromatic N) is 3. The van der Waals surface area contributed by atoms with Crippen LogP contribution in [0, 0.1) is 5.92 Å². The molecular formula is C34H44N4O4. The third-order valence-corrected chi connectivity index (χ3v) is 9.23. The highest BCUT2D eigenvalue weighted by molar-refractivity contribution is 6.36. The van der Waals surface area contributed by atoms with Gasteiger partial charge in [-0.25, -0.2) is 0 Å². The summed E-state index contributed by atoms with van der Waals surface area (Å²) < 4.78 is 0. The molecule has 224 valence electrons. The first kappa shape index (κ1) is 29.8. The number of nitrogens with one attached hydrogen (secondary N) is 1. The van der Waals surface area contributed by atoms with Crippen molar-refractivity contribution in [3.63, 3.8) is 0 Å². The maximum atomic E-state index is 13.4. The van der Waals surface area contributed by atoms with Crippen LogP contribution in [0.1, 0.15) is 68.9 Å². The summed E-state index contributed by atoms with van der Waals surface area (Å²) in [4.78, 5) is 56.7. The zero-order chi connectivity index (χ0) is 29.3. The zero-order valence-electron chi connectivity index (χ0n) is 24.6. The predicted octanol–water partition coefficient (Wildman–Crippen LogP) is 3.94. The molecule has 2 aromatic rings. The molecule has 3 aliphatic rings. The number of unbranched alkanes of at least 4 members (excludes halogenated alkanes) is 1. The van der Waals surface area contributed by atoms with Gasteiger partial charge in [0.2, 0.25) is 0 Å². The van der Waals surface area contributed by atoms with Gasteiger partial charge in [0.05, 0.1) is 6.04 Å². The van der Waals surface area contributed by atoms with Crippen LogP contribution < -0.4 is 5.32 Å². The van der Waals surface area contributed by atoms with Crippen molar-refractivity contribution in [1.82, 2.24) is 20.0 Å². The van der Waals surface area contributed by atoms with Crippen LogP contribution in [0.25, 0.3) is 0 Å². The molecule has 2 atom stereocenters. The van der Waals surface area contributed by atoms with E-state index in [-0.39, 0.29) is 18.0 Å². The van der Waals surface area contributed by atoms with E-state index in [4.69, 9.17) is 0 Å². The average Bonchev–Trinajstić information content (AvgIpc) is 3.02. The van der Waals surface area contributed by atoms with Crippen molar-refractivity contribution in [1.29, 1.82) is 0 Å². The maximum Gasteiger partial charge on any atom is 0.312 e. The summed E-state index contributed by atoms with van der Waals surface area (Å²) in [6, 6.07) is 19.8. The van der Waals surface area contributed by atoms with Crippen molar-refractivity contribution in [3.05, 3.63) is 71.8 Å². The van der Waals surface area contributed by atoms with Crippen molar-refractivity contribution >= 4 is 23.6 Å². The standard InChI is InChI=1S/C34H44N4O4/c39-31-32(40)38(24-28-16-8-3-9-17-28)29(23-35-31)18-10-11-20-36-25-30(22-27-14-6-2-7-15-27)37(34(42)33(36)41)21-19-26-12-4-1-5-13-26/h2-3,6-9,14-17,26,29-30H,1,4-5,10-13,18-25H2,(H,35,39)/t29-,30-/m0/s1. The van der Waals surface area contributed by atoms with Crippen LogP contribution >= 0.6 is 0 Å². The molecule has 1 N–H and O–H groups in total. The molecule has 8 nitrogen and oxygen atoms in total. The maximum absolute atomic E-state index is 13.4. The van der Waals surface area contributed by atoms with Crippen molar-refractivity contribution in [3.8, 4) is 0 Å². The van der Waals surface area contributed by atoms with Crippen LogP contribution in [0.15, 0.2) is 60.7 Å². The van der Waals surface area contributed by atoms with Gasteiger partial charge in [0, 0.05) is 38.8 Å². The Morgan fingerprint density at radius 2 is 1.36 bits per heavy atom. The van der Waals surface area contributed by atoms with Crippen LogP contribution in [0.2, 0.25) is 0 Å². The second-order valence-corrected chi connectivity index (χ2v) is 12.2. The largest absolute Gasteiger partial charge is 0.346 e. The summed E-state index contributed by atoms with van der Waals surface area (Å²) in [5, 5.41) is 2.73. The van der Waals surface area contributed by atoms with Crippen molar-refractivity contribution in [2.24, 2.45) is 5.92 Å². The fraction of sp³-hybridized carbons (Fsp3) is 0.529. The number of benzene rings is 2. The third-order valence-electron chi connectivity index (χ3n) is 9.23. The van der Waals surface area contributed by atoms with Crippen LogP contribution in [-0.4, -0.2) is 76.6 Å². The molecule has 0 bridgehead atoms. The van der Waals surface area contributed by atoms with Gasteiger partial charge in [-0.1, -0.05) is 92.8 Å². The molecule has 1 saturated carbocycles. The van der Waals surface area contributed by atoms with E-state index in [1.54, 1.807) is 9.80 Å². The van der Waals surface area contributed by atoms with Gasteiger partial charge in [0.15, 0.2) is 0 Å². The monoisotopic (exact) mass is 572 g/mol. The van der Waals surface area contributed by atoms with Gasteiger partial charge in [0.25, 0.3) is 0 Å². The normalized spacial score (nSPS) is 22.0. The molecule has 0 aromatic heterocycles. The minimum absolute atomic E-state index is 0.0336. The highest BCUT2D eigenvalue weighted by Crippen LogP contribution is 2.28. The predicted molar refractivity (Wildman–Crippen MR) is 161 cm³/mol. The Hall–Kier alpha value is -3.68. The van der Waals surface area contributed by atoms with Gasteiger partial charge in [-0.05, 0) is 49.1 Å². The van der Waals surface area contributed by atoms with Crippen molar-refractivity contribution in [2.45, 2.75) is 82.8 Å². The second kappa shape index (κ2) is 14.5. The van der Waals surface area contributed by atoms with Crippen LogP contribution in [0.3, 0.4) is 0 Å². The van der Waals surface area contributed by atoms with Gasteiger partial charge in [-0.2, -0.15) is 0 Å². The number of carbonyl (C=O) groups is 4. The van der Waals surface area contributed by atoms with Gasteiger partial charge in [-0.3, -0.25) is 19.2 Å². The Labute approximate surface area is 249 Å². The topological polar surface area (TPSA) is 90.0 Å². The number of rotatable bonds is 12. The molecule has 3 fully saturated rings. The first-order valence-electron chi connectivity index (χ1n) is 15.8. The Morgan fingerprint density at radius 3 is 2.07 bits per heavy atom. The fourth-order valence-electron chi connectivity index (χ4n) is 6.81. The van der Waals surface area contributed by atoms with Gasteiger partial charge in [0.1, 0.15) is 0 Å². The molecule has 5 rings (SSSR count). The van der Waals surface area contributed by atoms with E-state index in [2.05, 4.69) is 17.4 Å². The van der Waals surface area contributed by atoms with E-state index in [1.165, 1.54) is 37.7 Å². The molecule has 42 heavy (non-hydrogen) atoms. The SMILES string of the molecule is O=C1NC[C@H](CCCCN2C[C@H](Cc3ccccc3)N(CCC3CCCCC3)C(=O)C2=O)N(Cc2ccccc2)C1=O. The molecule has 0 spiro atoms. The van der Waals surface area contributed by atoms with Crippen LogP contribution in [0.5, 0.6) is 0 Å². The van der Waals surface area contributed by atoms with E-state index in [1.807, 2.05) is 53.4 Å². The van der Waals surface area contributed by atoms with Gasteiger partial charge in [-0.15, -0.1) is 0 Å². The number of carbonyl (C=O) groups excluding carboxylic acids is 4. The Balaban J connectivity index is 1.17. The molecule has 2 saturated heterocycles. The van der Waals surface area contributed by atoms with E-state index in [0.717, 1.165) is 37.7 Å². The fourth-order valence-corrected chi connectivity index (χ4v) is 6.81. The molecule has 0 radical (unpaired) electrons. The van der Waals surface area contributed by atoms with Crippen molar-refractivity contribution in [2.75, 3.05) is 26.2 Å². The minimum Gasteiger partial charge on any atom is -0.346 e. The van der Waals surface area contributed by atoms with Gasteiger partial charge < -0.3 is 20.0 Å². The molecule has 1 aliphatic carbocycles. The Bertz CT molecular complexity index is 1210. The zero-order valence-corrected chi connectivity index (χ0v) is 24.6. The molecule has 0 unspecified atom stereocenters. The number of amides is 4. The second-order valence-electron chi connectivity index (χ2n) is 12.2. The lowest BCUT2D eigenvalue weighted by Crippen LogP contribution is -2.60. The lowest BCUT2D eigenvalue weighted by molar-refractivity contribution is -0.159. The Morgan fingerprint density at radius 1 is 0.667 bits per heavy atom. The number of piperazine rings is 2. The van der Waals surface area contributed by atoms with E-state index in [0.29, 0.717) is 38.6 Å². The summed E-state index contributed by atoms with van der Waals surface area (Å²) in [6.45, 7) is 2.53. The molecule has 2 aliphatic heterocycles. The lowest BCUT2D eigenvalue weighted by Gasteiger charge is -2.41. The molecule has 8 heteroatoms. The molecule has 4 amide bonds. The highest BCUT2D eigenvalue weighted by atomic mass is 16.2. The smallest absolute Gasteiger partial charge is 0.312 e. The molecule has 2 heterocycles. The van der Waals surface area contributed by atoms with E-state index in [9.17, 15) is 19.2 Å². The summed E-state index contributed by atoms with van der Waals surface area (Å²) in [5.74, 6) is -1.17. The highest BCUT2D eigenvalue weighted by Gasteiger charge is 2.39. The number of hydrogen-bond acceptors (Lipinski definition) is 4. The van der Waals surface area contributed by atoms with Crippen LogP contribution in [-0.2, 0) is 32.1 Å². The van der Waals surface area contributed by atoms with Crippen molar-refractivity contribution < 1.29 is 19.2 Å². The van der Waals surface area contributed by atoms with E-state index >= 15 is 0 Å². The van der Waals surface area contributed by atoms with Crippen LogP contribution in [0.4, 0.5) is 0 Å². The average molecular weight is 573 g/mol. The van der Waals surface area contributed by atoms with E-state index < -0.39 is 17.7 Å². The summed E-state index contributed by atoms with van der Waals surface area (Å²) >= 11 is 0.